The van der Waals surface area contributed by atoms with Crippen molar-refractivity contribution in [1.29, 1.82) is 0 Å². The SMILES string of the molecule is [B]/C(=C(/[B])c1cccc(-c2ccccc2)c1C)c1cc(OC)c(CN2CCCC[C@H]2C(=O)O)cc1C(F)(F)F. The monoisotopic (exact) mass is 529 g/mol. The Balaban J connectivity index is 1.81. The number of ether oxygens (including phenoxy) is 1. The molecule has 39 heavy (non-hydrogen) atoms. The molecule has 4 rings (SSSR count). The number of benzene rings is 3. The van der Waals surface area contributed by atoms with Gasteiger partial charge in [-0.3, -0.25) is 9.69 Å². The number of hydrogen-bond acceptors (Lipinski definition) is 3. The standard InChI is InChI=1S/C30H28B2F3NO3/c1-18-21(19-9-4-3-5-10-19)11-8-12-22(18)27(31)28(32)23-16-26(39-2)20(15-24(23)30(33,34)35)17-36-14-7-6-13-25(36)29(37)38/h3-5,8-12,15-16,25H,6-7,13-14,17H2,1-2H3,(H,37,38)/b28-27+/t25-/m0/s1. The summed E-state index contributed by atoms with van der Waals surface area (Å²) in [4.78, 5) is 13.4. The van der Waals surface area contributed by atoms with Crippen molar-refractivity contribution < 1.29 is 27.8 Å². The first kappa shape index (κ1) is 28.6. The van der Waals surface area contributed by atoms with Crippen LogP contribution in [0.25, 0.3) is 22.1 Å². The normalized spacial score (nSPS) is 17.0. The molecule has 0 unspecified atom stereocenters. The molecular weight excluding hydrogens is 501 g/mol. The predicted octanol–water partition coefficient (Wildman–Crippen LogP) is 6.29. The Labute approximate surface area is 229 Å². The smallest absolute Gasteiger partial charge is 0.416 e. The summed E-state index contributed by atoms with van der Waals surface area (Å²) in [6.07, 6.45) is -2.78. The van der Waals surface area contributed by atoms with Crippen LogP contribution < -0.4 is 4.74 Å². The molecule has 1 aliphatic rings. The van der Waals surface area contributed by atoms with Crippen LogP contribution in [0.1, 0.15) is 47.1 Å². The first-order valence-electron chi connectivity index (χ1n) is 12.7. The fraction of sp³-hybridized carbons (Fsp3) is 0.300. The van der Waals surface area contributed by atoms with Gasteiger partial charge in [0.05, 0.1) is 12.7 Å². The molecule has 3 aromatic rings. The highest BCUT2D eigenvalue weighted by Crippen LogP contribution is 2.41. The highest BCUT2D eigenvalue weighted by Gasteiger charge is 2.36. The summed E-state index contributed by atoms with van der Waals surface area (Å²) >= 11 is 0. The molecule has 0 aliphatic carbocycles. The van der Waals surface area contributed by atoms with Crippen LogP contribution in [0.5, 0.6) is 5.75 Å². The maximum atomic E-state index is 14.4. The number of alkyl halides is 3. The third kappa shape index (κ3) is 6.09. The molecule has 0 bridgehead atoms. The van der Waals surface area contributed by atoms with Crippen LogP contribution >= 0.6 is 0 Å². The van der Waals surface area contributed by atoms with E-state index >= 15 is 0 Å². The van der Waals surface area contributed by atoms with Gasteiger partial charge in [0.2, 0.25) is 0 Å². The van der Waals surface area contributed by atoms with E-state index in [9.17, 15) is 23.1 Å². The fourth-order valence-corrected chi connectivity index (χ4v) is 5.22. The molecule has 1 N–H and O–H groups in total. The van der Waals surface area contributed by atoms with Gasteiger partial charge in [-0.1, -0.05) is 65.9 Å². The molecule has 3 aromatic carbocycles. The van der Waals surface area contributed by atoms with Gasteiger partial charge in [-0.05, 0) is 66.3 Å². The summed E-state index contributed by atoms with van der Waals surface area (Å²) in [7, 11) is 14.1. The quantitative estimate of drug-likeness (QED) is 0.289. The summed E-state index contributed by atoms with van der Waals surface area (Å²) in [6.45, 7) is 2.32. The van der Waals surface area contributed by atoms with Crippen LogP contribution in [0.2, 0.25) is 0 Å². The Morgan fingerprint density at radius 3 is 2.36 bits per heavy atom. The van der Waals surface area contributed by atoms with Gasteiger partial charge < -0.3 is 9.84 Å². The van der Waals surface area contributed by atoms with E-state index in [1.165, 1.54) is 13.2 Å². The van der Waals surface area contributed by atoms with E-state index in [2.05, 4.69) is 0 Å². The summed E-state index contributed by atoms with van der Waals surface area (Å²) in [5.41, 5.74) is 1.93. The topological polar surface area (TPSA) is 49.8 Å². The average molecular weight is 529 g/mol. The van der Waals surface area contributed by atoms with Crippen LogP contribution in [0.3, 0.4) is 0 Å². The number of carboxylic acid groups (broad SMARTS) is 1. The molecular formula is C30H28B2F3NO3. The van der Waals surface area contributed by atoms with Gasteiger partial charge in [-0.25, -0.2) is 0 Å². The molecule has 1 heterocycles. The number of rotatable bonds is 7. The fourth-order valence-electron chi connectivity index (χ4n) is 5.22. The van der Waals surface area contributed by atoms with Gasteiger partial charge in [-0.2, -0.15) is 13.2 Å². The van der Waals surface area contributed by atoms with Gasteiger partial charge in [0.15, 0.2) is 0 Å². The molecule has 1 atom stereocenters. The Kier molecular flexibility index (Phi) is 8.60. The first-order valence-corrected chi connectivity index (χ1v) is 12.7. The van der Waals surface area contributed by atoms with Crippen molar-refractivity contribution in [2.75, 3.05) is 13.7 Å². The number of halogens is 3. The van der Waals surface area contributed by atoms with Crippen LogP contribution in [0.15, 0.2) is 60.7 Å². The van der Waals surface area contributed by atoms with E-state index in [4.69, 9.17) is 20.4 Å². The van der Waals surface area contributed by atoms with Crippen molar-refractivity contribution in [3.63, 3.8) is 0 Å². The van der Waals surface area contributed by atoms with Crippen molar-refractivity contribution in [2.45, 2.75) is 44.9 Å². The van der Waals surface area contributed by atoms with Crippen LogP contribution in [0.4, 0.5) is 13.2 Å². The van der Waals surface area contributed by atoms with E-state index in [1.54, 1.807) is 17.0 Å². The van der Waals surface area contributed by atoms with Gasteiger partial charge in [0.1, 0.15) is 27.5 Å². The summed E-state index contributed by atoms with van der Waals surface area (Å²) in [6, 6.07) is 16.5. The van der Waals surface area contributed by atoms with E-state index < -0.39 is 23.8 Å². The Bertz CT molecular complexity index is 1390. The third-order valence-electron chi connectivity index (χ3n) is 7.29. The number of likely N-dealkylation sites (tertiary alicyclic amines) is 1. The second-order valence-electron chi connectivity index (χ2n) is 9.70. The molecule has 4 nitrogen and oxygen atoms in total. The van der Waals surface area contributed by atoms with E-state index in [0.29, 0.717) is 18.5 Å². The molecule has 198 valence electrons. The van der Waals surface area contributed by atoms with E-state index in [0.717, 1.165) is 35.6 Å². The maximum absolute atomic E-state index is 14.4. The Hall–Kier alpha value is -3.45. The predicted molar refractivity (Wildman–Crippen MR) is 149 cm³/mol. The number of carboxylic acids is 1. The number of nitrogens with zero attached hydrogens (tertiary/aromatic N) is 1. The van der Waals surface area contributed by atoms with Crippen molar-refractivity contribution in [3.8, 4) is 16.9 Å². The maximum Gasteiger partial charge on any atom is 0.416 e. The molecule has 4 radical (unpaired) electrons. The number of hydrogen-bond donors (Lipinski definition) is 1. The zero-order valence-corrected chi connectivity index (χ0v) is 21.9. The Morgan fingerprint density at radius 2 is 1.72 bits per heavy atom. The first-order chi connectivity index (χ1) is 18.5. The average Bonchev–Trinajstić information content (AvgIpc) is 2.92. The number of aliphatic carboxylic acids is 1. The summed E-state index contributed by atoms with van der Waals surface area (Å²) in [5.74, 6) is -0.812. The second-order valence-corrected chi connectivity index (χ2v) is 9.70. The number of methoxy groups -OCH3 is 1. The van der Waals surface area contributed by atoms with Crippen LogP contribution in [-0.4, -0.2) is 51.4 Å². The van der Waals surface area contributed by atoms with Crippen LogP contribution in [0, 0.1) is 6.92 Å². The van der Waals surface area contributed by atoms with Crippen molar-refractivity contribution in [2.24, 2.45) is 0 Å². The molecule has 0 aromatic heterocycles. The van der Waals surface area contributed by atoms with Crippen molar-refractivity contribution in [3.05, 3.63) is 88.5 Å². The van der Waals surface area contributed by atoms with E-state index in [1.807, 2.05) is 43.3 Å². The number of carbonyl (C=O) groups is 1. The molecule has 0 saturated carbocycles. The molecule has 1 saturated heterocycles. The lowest BCUT2D eigenvalue weighted by Gasteiger charge is -2.33. The van der Waals surface area contributed by atoms with E-state index in [-0.39, 0.29) is 34.4 Å². The minimum absolute atomic E-state index is 0.000824. The highest BCUT2D eigenvalue weighted by molar-refractivity contribution is 6.60. The number of piperidine rings is 1. The zero-order chi connectivity index (χ0) is 28.3. The zero-order valence-electron chi connectivity index (χ0n) is 21.9. The second kappa shape index (κ2) is 11.7. The molecule has 0 spiro atoms. The minimum atomic E-state index is -4.74. The summed E-state index contributed by atoms with van der Waals surface area (Å²) in [5, 5.41) is 9.61. The lowest BCUT2D eigenvalue weighted by molar-refractivity contribution is -0.145. The lowest BCUT2D eigenvalue weighted by atomic mass is 9.71. The molecule has 1 aliphatic heterocycles. The molecule has 0 amide bonds. The third-order valence-corrected chi connectivity index (χ3v) is 7.29. The Morgan fingerprint density at radius 1 is 1.03 bits per heavy atom. The molecule has 9 heteroatoms. The molecule has 1 fully saturated rings. The van der Waals surface area contributed by atoms with Gasteiger partial charge in [0, 0.05) is 12.1 Å². The largest absolute Gasteiger partial charge is 0.496 e. The van der Waals surface area contributed by atoms with Gasteiger partial charge in [-0.15, -0.1) is 0 Å². The van der Waals surface area contributed by atoms with Crippen molar-refractivity contribution in [1.82, 2.24) is 4.90 Å². The minimum Gasteiger partial charge on any atom is -0.496 e. The summed E-state index contributed by atoms with van der Waals surface area (Å²) < 4.78 is 48.6. The van der Waals surface area contributed by atoms with Crippen LogP contribution in [-0.2, 0) is 17.5 Å². The van der Waals surface area contributed by atoms with Gasteiger partial charge in [0.25, 0.3) is 0 Å². The van der Waals surface area contributed by atoms with Gasteiger partial charge >= 0.3 is 12.1 Å². The lowest BCUT2D eigenvalue weighted by Crippen LogP contribution is -2.44. The van der Waals surface area contributed by atoms with Crippen molar-refractivity contribution >= 4 is 32.6 Å². The highest BCUT2D eigenvalue weighted by atomic mass is 19.4.